The quantitative estimate of drug-likeness (QED) is 0.464. The number of carboxylic acids is 1. The molecule has 0 unspecified atom stereocenters. The minimum absolute atomic E-state index is 0.0296. The van der Waals surface area contributed by atoms with Crippen molar-refractivity contribution >= 4 is 11.8 Å². The van der Waals surface area contributed by atoms with E-state index in [-0.39, 0.29) is 50.8 Å². The van der Waals surface area contributed by atoms with Crippen LogP contribution in [-0.4, -0.2) is 28.1 Å². The van der Waals surface area contributed by atoms with Crippen molar-refractivity contribution in [3.8, 4) is 0 Å². The molecule has 9 atom stereocenters. The first-order valence-electron chi connectivity index (χ1n) is 13.7. The summed E-state index contributed by atoms with van der Waals surface area (Å²) in [5.74, 6) is 0.0603. The van der Waals surface area contributed by atoms with Crippen molar-refractivity contribution in [2.24, 2.45) is 50.2 Å². The monoisotopic (exact) mass is 470 g/mol. The molecule has 4 heteroatoms. The van der Waals surface area contributed by atoms with E-state index >= 15 is 0 Å². The van der Waals surface area contributed by atoms with Crippen molar-refractivity contribution in [3.05, 3.63) is 11.6 Å². The molecule has 0 spiro atoms. The summed E-state index contributed by atoms with van der Waals surface area (Å²) in [7, 11) is 0. The summed E-state index contributed by atoms with van der Waals surface area (Å²) in [6.07, 6.45) is 9.95. The zero-order valence-corrected chi connectivity index (χ0v) is 22.5. The highest BCUT2D eigenvalue weighted by molar-refractivity contribution is 5.95. The van der Waals surface area contributed by atoms with Crippen LogP contribution in [0.25, 0.3) is 0 Å². The Kier molecular flexibility index (Phi) is 5.04. The maximum atomic E-state index is 14.2. The molecule has 4 saturated carbocycles. The van der Waals surface area contributed by atoms with Crippen LogP contribution in [0.3, 0.4) is 0 Å². The number of carbonyl (C=O) groups is 2. The molecule has 4 fully saturated rings. The first-order chi connectivity index (χ1) is 15.6. The maximum absolute atomic E-state index is 14.2. The Labute approximate surface area is 206 Å². The maximum Gasteiger partial charge on any atom is 0.309 e. The fourth-order valence-electron chi connectivity index (χ4n) is 10.4. The summed E-state index contributed by atoms with van der Waals surface area (Å²) < 4.78 is 0. The molecule has 0 amide bonds. The normalized spacial score (nSPS) is 54.1. The van der Waals surface area contributed by atoms with Crippen molar-refractivity contribution in [2.45, 2.75) is 112 Å². The molecule has 190 valence electrons. The van der Waals surface area contributed by atoms with Gasteiger partial charge in [-0.3, -0.25) is 9.59 Å². The molecule has 0 saturated heterocycles. The first kappa shape index (κ1) is 24.5. The number of aliphatic carboxylic acids is 1. The highest BCUT2D eigenvalue weighted by atomic mass is 16.4. The zero-order valence-electron chi connectivity index (χ0n) is 22.5. The number of aliphatic hydroxyl groups is 1. The van der Waals surface area contributed by atoms with Gasteiger partial charge in [-0.1, -0.05) is 47.1 Å². The Bertz CT molecular complexity index is 965. The third-order valence-electron chi connectivity index (χ3n) is 13.1. The molecule has 0 radical (unpaired) electrons. The Morgan fingerprint density at radius 3 is 2.21 bits per heavy atom. The Hall–Kier alpha value is -1.16. The number of aliphatic hydroxyl groups excluding tert-OH is 1. The van der Waals surface area contributed by atoms with Gasteiger partial charge in [-0.05, 0) is 110 Å². The molecule has 0 aromatic rings. The molecule has 0 bridgehead atoms. The SMILES string of the molecule is CC1(C)[C@H]2CC[C@@]3(C)[C@@H](C(=O)C=C4[C@@H]5C[C@@](C)(C(=O)O)CC[C@]5(C)CC[C@]43C)[C@@]2(C)CC[C@@H]1O. The van der Waals surface area contributed by atoms with Crippen LogP contribution in [0.5, 0.6) is 0 Å². The van der Waals surface area contributed by atoms with Gasteiger partial charge in [0.1, 0.15) is 0 Å². The van der Waals surface area contributed by atoms with Gasteiger partial charge >= 0.3 is 5.97 Å². The van der Waals surface area contributed by atoms with Crippen LogP contribution in [-0.2, 0) is 9.59 Å². The second-order valence-electron chi connectivity index (χ2n) is 14.9. The largest absolute Gasteiger partial charge is 0.481 e. The van der Waals surface area contributed by atoms with E-state index in [0.717, 1.165) is 51.4 Å². The average molecular weight is 471 g/mol. The fraction of sp³-hybridized carbons (Fsp3) is 0.867. The number of fused-ring (bicyclic) bond motifs is 7. The summed E-state index contributed by atoms with van der Waals surface area (Å²) >= 11 is 0. The smallest absolute Gasteiger partial charge is 0.309 e. The molecule has 34 heavy (non-hydrogen) atoms. The summed E-state index contributed by atoms with van der Waals surface area (Å²) in [4.78, 5) is 26.4. The summed E-state index contributed by atoms with van der Waals surface area (Å²) in [5, 5.41) is 20.9. The van der Waals surface area contributed by atoms with E-state index < -0.39 is 11.4 Å². The summed E-state index contributed by atoms with van der Waals surface area (Å²) in [6, 6.07) is 0. The Balaban J connectivity index is 1.62. The predicted molar refractivity (Wildman–Crippen MR) is 133 cm³/mol. The number of rotatable bonds is 1. The van der Waals surface area contributed by atoms with Crippen molar-refractivity contribution < 1.29 is 19.8 Å². The van der Waals surface area contributed by atoms with Crippen LogP contribution in [0.15, 0.2) is 11.6 Å². The molecule has 2 N–H and O–H groups in total. The lowest BCUT2D eigenvalue weighted by molar-refractivity contribution is -0.202. The van der Waals surface area contributed by atoms with Crippen molar-refractivity contribution in [1.82, 2.24) is 0 Å². The minimum atomic E-state index is -0.711. The van der Waals surface area contributed by atoms with E-state index in [2.05, 4.69) is 41.5 Å². The number of hydrogen-bond acceptors (Lipinski definition) is 3. The molecule has 5 aliphatic carbocycles. The Morgan fingerprint density at radius 2 is 1.56 bits per heavy atom. The highest BCUT2D eigenvalue weighted by Gasteiger charge is 2.70. The van der Waals surface area contributed by atoms with Crippen LogP contribution in [0.1, 0.15) is 106 Å². The topological polar surface area (TPSA) is 74.6 Å². The van der Waals surface area contributed by atoms with Gasteiger partial charge < -0.3 is 10.2 Å². The number of ketones is 1. The van der Waals surface area contributed by atoms with Gasteiger partial charge in [0.15, 0.2) is 5.78 Å². The van der Waals surface area contributed by atoms with E-state index in [0.29, 0.717) is 12.3 Å². The lowest BCUT2D eigenvalue weighted by atomic mass is 9.33. The molecule has 0 heterocycles. The number of carboxylic acid groups (broad SMARTS) is 1. The number of carbonyl (C=O) groups excluding carboxylic acids is 1. The molecule has 5 rings (SSSR count). The van der Waals surface area contributed by atoms with Gasteiger partial charge in [0.2, 0.25) is 0 Å². The standard InChI is InChI=1S/C30H46O4/c1-25(2)21-8-11-30(7)23(28(21,5)10-9-22(25)32)20(31)16-18-19-17-27(4,24(33)34)13-12-26(19,3)14-15-29(18,30)6/h16,19,21-23,32H,8-15,17H2,1-7H3,(H,33,34)/t19-,21+,22-,23-,26+,27-,28-,29+,30-/m0/s1. The van der Waals surface area contributed by atoms with Crippen LogP contribution < -0.4 is 0 Å². The van der Waals surface area contributed by atoms with Crippen LogP contribution >= 0.6 is 0 Å². The van der Waals surface area contributed by atoms with E-state index in [1.165, 1.54) is 5.57 Å². The molecule has 0 aromatic carbocycles. The predicted octanol–water partition coefficient (Wildman–Crippen LogP) is 6.41. The van der Waals surface area contributed by atoms with E-state index in [9.17, 15) is 19.8 Å². The molecule has 4 nitrogen and oxygen atoms in total. The van der Waals surface area contributed by atoms with Crippen molar-refractivity contribution in [1.29, 1.82) is 0 Å². The number of allylic oxidation sites excluding steroid dienone is 2. The van der Waals surface area contributed by atoms with E-state index in [4.69, 9.17) is 0 Å². The molecule has 0 aliphatic heterocycles. The molecular weight excluding hydrogens is 424 g/mol. The van der Waals surface area contributed by atoms with Gasteiger partial charge in [-0.15, -0.1) is 0 Å². The molecular formula is C30H46O4. The highest BCUT2D eigenvalue weighted by Crippen LogP contribution is 2.75. The van der Waals surface area contributed by atoms with Gasteiger partial charge in [0.05, 0.1) is 11.5 Å². The lowest BCUT2D eigenvalue weighted by Gasteiger charge is -2.70. The number of hydrogen-bond donors (Lipinski definition) is 2. The second kappa shape index (κ2) is 6.99. The van der Waals surface area contributed by atoms with Gasteiger partial charge in [0, 0.05) is 5.92 Å². The Morgan fingerprint density at radius 1 is 0.912 bits per heavy atom. The fourth-order valence-corrected chi connectivity index (χ4v) is 10.4. The van der Waals surface area contributed by atoms with Crippen LogP contribution in [0.2, 0.25) is 0 Å². The molecule has 0 aromatic heterocycles. The van der Waals surface area contributed by atoms with Crippen molar-refractivity contribution in [2.75, 3.05) is 0 Å². The third kappa shape index (κ3) is 2.81. The minimum Gasteiger partial charge on any atom is -0.481 e. The van der Waals surface area contributed by atoms with Crippen LogP contribution in [0.4, 0.5) is 0 Å². The third-order valence-corrected chi connectivity index (χ3v) is 13.1. The van der Waals surface area contributed by atoms with Crippen LogP contribution in [0, 0.1) is 50.2 Å². The molecule has 5 aliphatic rings. The summed E-state index contributed by atoms with van der Waals surface area (Å²) in [6.45, 7) is 15.8. The van der Waals surface area contributed by atoms with Crippen molar-refractivity contribution in [3.63, 3.8) is 0 Å². The average Bonchev–Trinajstić information content (AvgIpc) is 2.73. The first-order valence-corrected chi connectivity index (χ1v) is 13.7. The lowest BCUT2D eigenvalue weighted by Crippen LogP contribution is -2.66. The van der Waals surface area contributed by atoms with Gasteiger partial charge in [-0.2, -0.15) is 0 Å². The van der Waals surface area contributed by atoms with Gasteiger partial charge in [-0.25, -0.2) is 0 Å². The summed E-state index contributed by atoms with van der Waals surface area (Å²) in [5.41, 5.74) is 0.142. The second-order valence-corrected chi connectivity index (χ2v) is 14.9. The van der Waals surface area contributed by atoms with Gasteiger partial charge in [0.25, 0.3) is 0 Å². The zero-order chi connectivity index (χ0) is 25.1. The van der Waals surface area contributed by atoms with E-state index in [1.54, 1.807) is 0 Å². The van der Waals surface area contributed by atoms with E-state index in [1.807, 2.05) is 13.0 Å².